The molecule has 0 bridgehead atoms. The van der Waals surface area contributed by atoms with Gasteiger partial charge in [0.25, 0.3) is 5.91 Å². The van der Waals surface area contributed by atoms with Gasteiger partial charge in [0, 0.05) is 5.39 Å². The molecule has 0 aliphatic rings. The normalized spacial score (nSPS) is 12.0. The minimum absolute atomic E-state index is 0.162. The summed E-state index contributed by atoms with van der Waals surface area (Å²) in [5.74, 6) is -0.957. The number of fused-ring (bicyclic) bond motifs is 1. The lowest BCUT2D eigenvalue weighted by atomic mass is 10.2. The van der Waals surface area contributed by atoms with E-state index in [1.807, 2.05) is 18.2 Å². The van der Waals surface area contributed by atoms with Crippen LogP contribution in [0.5, 0.6) is 0 Å². The molecule has 1 N–H and O–H groups in total. The van der Waals surface area contributed by atoms with E-state index in [-0.39, 0.29) is 12.3 Å². The molecule has 1 heterocycles. The zero-order valence-corrected chi connectivity index (χ0v) is 12.5. The summed E-state index contributed by atoms with van der Waals surface area (Å²) in [5, 5.41) is 3.75. The van der Waals surface area contributed by atoms with Crippen molar-refractivity contribution < 1.29 is 14.3 Å². The first kappa shape index (κ1) is 15.3. The SMILES string of the molecule is CCOC(=O)C(C)NC(=O)c1cc(Cl)c2ccccc2n1. The van der Waals surface area contributed by atoms with Crippen LogP contribution >= 0.6 is 11.6 Å². The number of amides is 1. The quantitative estimate of drug-likeness (QED) is 0.882. The molecule has 110 valence electrons. The average Bonchev–Trinajstić information content (AvgIpc) is 2.47. The number of carbonyl (C=O) groups excluding carboxylic acids is 2. The number of ether oxygens (including phenoxy) is 1. The zero-order valence-electron chi connectivity index (χ0n) is 11.7. The lowest BCUT2D eigenvalue weighted by Crippen LogP contribution is -2.39. The Hall–Kier alpha value is -2.14. The lowest BCUT2D eigenvalue weighted by molar-refractivity contribution is -0.144. The maximum Gasteiger partial charge on any atom is 0.328 e. The molecular formula is C15H15ClN2O3. The van der Waals surface area contributed by atoms with E-state index in [2.05, 4.69) is 10.3 Å². The number of nitrogens with one attached hydrogen (secondary N) is 1. The highest BCUT2D eigenvalue weighted by molar-refractivity contribution is 6.35. The smallest absolute Gasteiger partial charge is 0.328 e. The third-order valence-electron chi connectivity index (χ3n) is 2.89. The fourth-order valence-corrected chi connectivity index (χ4v) is 2.11. The Morgan fingerprint density at radius 1 is 1.38 bits per heavy atom. The number of benzene rings is 1. The Bertz CT molecular complexity index is 688. The standard InChI is InChI=1S/C15H15ClN2O3/c1-3-21-15(20)9(2)17-14(19)13-8-11(16)10-6-4-5-7-12(10)18-13/h4-9H,3H2,1-2H3,(H,17,19). The van der Waals surface area contributed by atoms with Crippen molar-refractivity contribution in [3.8, 4) is 0 Å². The predicted octanol–water partition coefficient (Wildman–Crippen LogP) is 2.57. The molecule has 1 unspecified atom stereocenters. The third-order valence-corrected chi connectivity index (χ3v) is 3.20. The molecule has 0 radical (unpaired) electrons. The Morgan fingerprint density at radius 3 is 2.81 bits per heavy atom. The van der Waals surface area contributed by atoms with Gasteiger partial charge in [0.2, 0.25) is 0 Å². The molecule has 0 spiro atoms. The van der Waals surface area contributed by atoms with Gasteiger partial charge in [-0.15, -0.1) is 0 Å². The van der Waals surface area contributed by atoms with E-state index in [4.69, 9.17) is 16.3 Å². The van der Waals surface area contributed by atoms with Crippen LogP contribution in [0.25, 0.3) is 10.9 Å². The average molecular weight is 307 g/mol. The van der Waals surface area contributed by atoms with Crippen LogP contribution in [0, 0.1) is 0 Å². The van der Waals surface area contributed by atoms with Gasteiger partial charge < -0.3 is 10.1 Å². The number of hydrogen-bond acceptors (Lipinski definition) is 4. The van der Waals surface area contributed by atoms with Crippen LogP contribution in [0.15, 0.2) is 30.3 Å². The molecule has 2 aromatic rings. The second kappa shape index (κ2) is 6.54. The van der Waals surface area contributed by atoms with Crippen LogP contribution in [0.3, 0.4) is 0 Å². The number of pyridine rings is 1. The third kappa shape index (κ3) is 3.49. The monoisotopic (exact) mass is 306 g/mol. The van der Waals surface area contributed by atoms with Crippen molar-refractivity contribution in [1.82, 2.24) is 10.3 Å². The Morgan fingerprint density at radius 2 is 2.10 bits per heavy atom. The van der Waals surface area contributed by atoms with Crippen LogP contribution in [0.1, 0.15) is 24.3 Å². The van der Waals surface area contributed by atoms with Gasteiger partial charge in [-0.2, -0.15) is 0 Å². The second-order valence-electron chi connectivity index (χ2n) is 4.45. The maximum absolute atomic E-state index is 12.1. The molecular weight excluding hydrogens is 292 g/mol. The number of esters is 1. The molecule has 0 aliphatic heterocycles. The van der Waals surface area contributed by atoms with E-state index < -0.39 is 17.9 Å². The van der Waals surface area contributed by atoms with Crippen molar-refractivity contribution in [2.45, 2.75) is 19.9 Å². The van der Waals surface area contributed by atoms with Gasteiger partial charge in [0.1, 0.15) is 11.7 Å². The van der Waals surface area contributed by atoms with Gasteiger partial charge in [-0.05, 0) is 26.0 Å². The first-order valence-corrected chi connectivity index (χ1v) is 6.93. The van der Waals surface area contributed by atoms with Crippen LogP contribution in [0.4, 0.5) is 0 Å². The number of nitrogens with zero attached hydrogens (tertiary/aromatic N) is 1. The van der Waals surface area contributed by atoms with Crippen LogP contribution in [0.2, 0.25) is 5.02 Å². The summed E-state index contributed by atoms with van der Waals surface area (Å²) in [5.41, 5.74) is 0.786. The highest BCUT2D eigenvalue weighted by Crippen LogP contribution is 2.22. The molecule has 2 rings (SSSR count). The minimum Gasteiger partial charge on any atom is -0.464 e. The van der Waals surface area contributed by atoms with Gasteiger partial charge >= 0.3 is 5.97 Å². The molecule has 0 saturated heterocycles. The number of aromatic nitrogens is 1. The van der Waals surface area contributed by atoms with E-state index in [9.17, 15) is 9.59 Å². The molecule has 1 amide bonds. The molecule has 1 aromatic heterocycles. The summed E-state index contributed by atoms with van der Waals surface area (Å²) in [7, 11) is 0. The van der Waals surface area contributed by atoms with E-state index in [0.717, 1.165) is 5.39 Å². The Kier molecular flexibility index (Phi) is 4.75. The van der Waals surface area contributed by atoms with Gasteiger partial charge in [0.15, 0.2) is 0 Å². The second-order valence-corrected chi connectivity index (χ2v) is 4.86. The van der Waals surface area contributed by atoms with Crippen molar-refractivity contribution in [2.24, 2.45) is 0 Å². The molecule has 1 aromatic carbocycles. The van der Waals surface area contributed by atoms with Gasteiger partial charge in [-0.3, -0.25) is 4.79 Å². The summed E-state index contributed by atoms with van der Waals surface area (Å²) in [6.07, 6.45) is 0. The number of para-hydroxylation sites is 1. The van der Waals surface area contributed by atoms with E-state index in [0.29, 0.717) is 10.5 Å². The topological polar surface area (TPSA) is 68.3 Å². The predicted molar refractivity (Wildman–Crippen MR) is 80.3 cm³/mol. The van der Waals surface area contributed by atoms with Gasteiger partial charge in [-0.1, -0.05) is 29.8 Å². The number of rotatable bonds is 4. The fourth-order valence-electron chi connectivity index (χ4n) is 1.85. The highest BCUT2D eigenvalue weighted by atomic mass is 35.5. The zero-order chi connectivity index (χ0) is 15.4. The van der Waals surface area contributed by atoms with Gasteiger partial charge in [0.05, 0.1) is 17.1 Å². The largest absolute Gasteiger partial charge is 0.464 e. The van der Waals surface area contributed by atoms with Crippen LogP contribution in [-0.4, -0.2) is 29.5 Å². The van der Waals surface area contributed by atoms with Crippen LogP contribution < -0.4 is 5.32 Å². The van der Waals surface area contributed by atoms with Crippen LogP contribution in [-0.2, 0) is 9.53 Å². The molecule has 5 nitrogen and oxygen atoms in total. The van der Waals surface area contributed by atoms with Crippen molar-refractivity contribution in [2.75, 3.05) is 6.61 Å². The Labute approximate surface area is 127 Å². The van der Waals surface area contributed by atoms with E-state index in [1.54, 1.807) is 19.9 Å². The van der Waals surface area contributed by atoms with E-state index >= 15 is 0 Å². The van der Waals surface area contributed by atoms with Crippen molar-refractivity contribution >= 4 is 34.4 Å². The summed E-state index contributed by atoms with van der Waals surface area (Å²) < 4.78 is 4.83. The molecule has 21 heavy (non-hydrogen) atoms. The van der Waals surface area contributed by atoms with Gasteiger partial charge in [-0.25, -0.2) is 9.78 Å². The Balaban J connectivity index is 2.22. The molecule has 1 atom stereocenters. The first-order chi connectivity index (χ1) is 10.0. The highest BCUT2D eigenvalue weighted by Gasteiger charge is 2.19. The molecule has 6 heteroatoms. The number of hydrogen-bond donors (Lipinski definition) is 1. The number of carbonyl (C=O) groups is 2. The summed E-state index contributed by atoms with van der Waals surface area (Å²) >= 11 is 6.14. The fraction of sp³-hybridized carbons (Fsp3) is 0.267. The molecule has 0 aliphatic carbocycles. The molecule has 0 fully saturated rings. The maximum atomic E-state index is 12.1. The van der Waals surface area contributed by atoms with E-state index in [1.165, 1.54) is 6.07 Å². The number of halogens is 1. The van der Waals surface area contributed by atoms with Crippen molar-refractivity contribution in [1.29, 1.82) is 0 Å². The molecule has 0 saturated carbocycles. The summed E-state index contributed by atoms with van der Waals surface area (Å²) in [6, 6.07) is 7.99. The lowest BCUT2D eigenvalue weighted by Gasteiger charge is -2.12. The van der Waals surface area contributed by atoms with Crippen molar-refractivity contribution in [3.05, 3.63) is 41.0 Å². The summed E-state index contributed by atoms with van der Waals surface area (Å²) in [6.45, 7) is 3.52. The summed E-state index contributed by atoms with van der Waals surface area (Å²) in [4.78, 5) is 27.9. The first-order valence-electron chi connectivity index (χ1n) is 6.55. The minimum atomic E-state index is -0.746. The van der Waals surface area contributed by atoms with Crippen molar-refractivity contribution in [3.63, 3.8) is 0 Å².